The number of methoxy groups -OCH3 is 1. The van der Waals surface area contributed by atoms with Crippen molar-refractivity contribution >= 4 is 22.4 Å². The standard InChI is InChI=1S/C32H27N5O4S/c1-3-17-41-26-15-11-22(12-16-26)29-23(20-36(35-29)24-7-5-4-6-8-24)19-28-31(39)37-32(42-28)33-30(38)27(34-37)18-21-9-13-25(40-2)14-10-21/h4-16,19-20H,3,17-18H2,1-2H3/b28-19-. The van der Waals surface area contributed by atoms with E-state index in [0.29, 0.717) is 22.6 Å². The van der Waals surface area contributed by atoms with Gasteiger partial charge in [0.1, 0.15) is 22.9 Å². The fourth-order valence-corrected chi connectivity index (χ4v) is 5.38. The fourth-order valence-electron chi connectivity index (χ4n) is 4.49. The summed E-state index contributed by atoms with van der Waals surface area (Å²) < 4.78 is 14.3. The number of benzene rings is 3. The third-order valence-electron chi connectivity index (χ3n) is 6.63. The zero-order valence-corrected chi connectivity index (χ0v) is 23.9. The molecule has 0 aliphatic heterocycles. The van der Waals surface area contributed by atoms with Crippen molar-refractivity contribution in [2.24, 2.45) is 0 Å². The molecule has 0 saturated carbocycles. The molecule has 0 atom stereocenters. The van der Waals surface area contributed by atoms with Crippen molar-refractivity contribution in [1.82, 2.24) is 24.4 Å². The molecule has 0 saturated heterocycles. The van der Waals surface area contributed by atoms with E-state index >= 15 is 0 Å². The minimum absolute atomic E-state index is 0.196. The number of fused-ring (bicyclic) bond motifs is 1. The Bertz CT molecular complexity index is 2020. The smallest absolute Gasteiger partial charge is 0.296 e. The Morgan fingerprint density at radius 1 is 0.905 bits per heavy atom. The second-order valence-corrected chi connectivity index (χ2v) is 10.6. The normalized spacial score (nSPS) is 11.7. The molecule has 0 bridgehead atoms. The third kappa shape index (κ3) is 5.57. The van der Waals surface area contributed by atoms with Crippen LogP contribution in [0.4, 0.5) is 0 Å². The Kier molecular flexibility index (Phi) is 7.61. The molecule has 0 aliphatic rings. The van der Waals surface area contributed by atoms with E-state index in [0.717, 1.165) is 45.9 Å². The summed E-state index contributed by atoms with van der Waals surface area (Å²) in [7, 11) is 1.59. The maximum Gasteiger partial charge on any atom is 0.296 e. The van der Waals surface area contributed by atoms with Gasteiger partial charge in [-0.25, -0.2) is 4.68 Å². The van der Waals surface area contributed by atoms with Crippen LogP contribution < -0.4 is 25.1 Å². The van der Waals surface area contributed by atoms with Gasteiger partial charge in [-0.2, -0.15) is 19.7 Å². The number of aromatic nitrogens is 5. The van der Waals surface area contributed by atoms with E-state index in [1.807, 2.05) is 85.1 Å². The molecule has 210 valence electrons. The molecule has 0 radical (unpaired) electrons. The number of para-hydroxylation sites is 1. The predicted octanol–water partition coefficient (Wildman–Crippen LogP) is 4.30. The molecular weight excluding hydrogens is 550 g/mol. The lowest BCUT2D eigenvalue weighted by atomic mass is 10.1. The topological polar surface area (TPSA) is 101 Å². The number of ether oxygens (including phenoxy) is 2. The van der Waals surface area contributed by atoms with Gasteiger partial charge in [0.05, 0.1) is 23.9 Å². The van der Waals surface area contributed by atoms with Gasteiger partial charge in [0.2, 0.25) is 4.96 Å². The van der Waals surface area contributed by atoms with Crippen LogP contribution in [0.2, 0.25) is 0 Å². The monoisotopic (exact) mass is 577 g/mol. The van der Waals surface area contributed by atoms with E-state index in [2.05, 4.69) is 17.0 Å². The highest BCUT2D eigenvalue weighted by molar-refractivity contribution is 7.15. The van der Waals surface area contributed by atoms with Gasteiger partial charge in [-0.05, 0) is 66.6 Å². The van der Waals surface area contributed by atoms with Crippen LogP contribution >= 0.6 is 11.3 Å². The van der Waals surface area contributed by atoms with Crippen LogP contribution in [0.15, 0.2) is 94.6 Å². The van der Waals surface area contributed by atoms with Crippen molar-refractivity contribution in [3.63, 3.8) is 0 Å². The average Bonchev–Trinajstić information content (AvgIpc) is 3.58. The van der Waals surface area contributed by atoms with Crippen LogP contribution in [-0.4, -0.2) is 38.1 Å². The second-order valence-electron chi connectivity index (χ2n) is 9.58. The molecule has 3 aromatic carbocycles. The highest BCUT2D eigenvalue weighted by atomic mass is 32.1. The summed E-state index contributed by atoms with van der Waals surface area (Å²) in [6.45, 7) is 2.71. The van der Waals surface area contributed by atoms with E-state index in [1.165, 1.54) is 4.52 Å². The zero-order valence-electron chi connectivity index (χ0n) is 23.1. The molecule has 42 heavy (non-hydrogen) atoms. The molecule has 10 heteroatoms. The van der Waals surface area contributed by atoms with Crippen LogP contribution in [0.3, 0.4) is 0 Å². The molecule has 3 heterocycles. The Labute approximate surface area is 244 Å². The molecule has 9 nitrogen and oxygen atoms in total. The lowest BCUT2D eigenvalue weighted by Gasteiger charge is -2.05. The summed E-state index contributed by atoms with van der Waals surface area (Å²) in [4.78, 5) is 30.7. The van der Waals surface area contributed by atoms with Crippen molar-refractivity contribution in [1.29, 1.82) is 0 Å². The van der Waals surface area contributed by atoms with Gasteiger partial charge in [-0.15, -0.1) is 0 Å². The van der Waals surface area contributed by atoms with Crippen LogP contribution in [0.5, 0.6) is 11.5 Å². The van der Waals surface area contributed by atoms with Crippen molar-refractivity contribution in [3.8, 4) is 28.4 Å². The van der Waals surface area contributed by atoms with Crippen molar-refractivity contribution in [2.75, 3.05) is 13.7 Å². The number of nitrogens with zero attached hydrogens (tertiary/aromatic N) is 5. The van der Waals surface area contributed by atoms with Gasteiger partial charge < -0.3 is 9.47 Å². The highest BCUT2D eigenvalue weighted by Crippen LogP contribution is 2.26. The summed E-state index contributed by atoms with van der Waals surface area (Å²) in [5.74, 6) is 1.50. The Balaban J connectivity index is 1.42. The van der Waals surface area contributed by atoms with Gasteiger partial charge in [0, 0.05) is 23.7 Å². The minimum Gasteiger partial charge on any atom is -0.497 e. The first-order valence-electron chi connectivity index (χ1n) is 13.5. The highest BCUT2D eigenvalue weighted by Gasteiger charge is 2.15. The number of rotatable bonds is 9. The van der Waals surface area contributed by atoms with Gasteiger partial charge in [-0.3, -0.25) is 9.59 Å². The molecule has 0 spiro atoms. The Morgan fingerprint density at radius 2 is 1.64 bits per heavy atom. The average molecular weight is 578 g/mol. The molecule has 6 aromatic rings. The summed E-state index contributed by atoms with van der Waals surface area (Å²) in [5.41, 5.74) is 3.46. The van der Waals surface area contributed by atoms with Crippen LogP contribution in [0, 0.1) is 0 Å². The number of hydrogen-bond acceptors (Lipinski definition) is 8. The molecule has 0 unspecified atom stereocenters. The number of hydrogen-bond donors (Lipinski definition) is 0. The second kappa shape index (κ2) is 11.8. The van der Waals surface area contributed by atoms with E-state index < -0.39 is 5.56 Å². The van der Waals surface area contributed by atoms with Crippen molar-refractivity contribution < 1.29 is 9.47 Å². The van der Waals surface area contributed by atoms with E-state index in [4.69, 9.17) is 14.6 Å². The van der Waals surface area contributed by atoms with Gasteiger partial charge in [-0.1, -0.05) is 48.6 Å². The molecule has 0 N–H and O–H groups in total. The molecule has 0 fully saturated rings. The maximum atomic E-state index is 13.5. The summed E-state index contributed by atoms with van der Waals surface area (Å²) in [6, 6.07) is 24.8. The number of thiazole rings is 1. The van der Waals surface area contributed by atoms with Gasteiger partial charge in [0.15, 0.2) is 0 Å². The lowest BCUT2D eigenvalue weighted by Crippen LogP contribution is -2.28. The molecular formula is C32H27N5O4S. The summed E-state index contributed by atoms with van der Waals surface area (Å²) in [6.07, 6.45) is 4.84. The van der Waals surface area contributed by atoms with E-state index in [-0.39, 0.29) is 22.6 Å². The quantitative estimate of drug-likeness (QED) is 0.253. The van der Waals surface area contributed by atoms with Crippen molar-refractivity contribution in [2.45, 2.75) is 19.8 Å². The first kappa shape index (κ1) is 27.1. The first-order valence-corrected chi connectivity index (χ1v) is 14.3. The molecule has 0 amide bonds. The zero-order chi connectivity index (χ0) is 29.1. The molecule has 0 aliphatic carbocycles. The van der Waals surface area contributed by atoms with Gasteiger partial charge in [0.25, 0.3) is 11.1 Å². The summed E-state index contributed by atoms with van der Waals surface area (Å²) in [5, 5.41) is 9.26. The predicted molar refractivity (Wildman–Crippen MR) is 163 cm³/mol. The summed E-state index contributed by atoms with van der Waals surface area (Å²) >= 11 is 1.12. The van der Waals surface area contributed by atoms with E-state index in [9.17, 15) is 9.59 Å². The maximum absolute atomic E-state index is 13.5. The Hall–Kier alpha value is -5.09. The minimum atomic E-state index is -0.457. The van der Waals surface area contributed by atoms with Crippen LogP contribution in [0.25, 0.3) is 28.0 Å². The van der Waals surface area contributed by atoms with Crippen molar-refractivity contribution in [3.05, 3.63) is 127 Å². The lowest BCUT2D eigenvalue weighted by molar-refractivity contribution is 0.317. The van der Waals surface area contributed by atoms with Crippen LogP contribution in [-0.2, 0) is 6.42 Å². The van der Waals surface area contributed by atoms with Crippen LogP contribution in [0.1, 0.15) is 30.2 Å². The fraction of sp³-hybridized carbons (Fsp3) is 0.156. The molecule has 3 aromatic heterocycles. The first-order chi connectivity index (χ1) is 20.5. The van der Waals surface area contributed by atoms with Gasteiger partial charge >= 0.3 is 0 Å². The SMILES string of the molecule is CCCOc1ccc(-c2nn(-c3ccccc3)cc2/C=c2\sc3nc(=O)c(Cc4ccc(OC)cc4)nn3c2=O)cc1. The largest absolute Gasteiger partial charge is 0.497 e. The molecule has 6 rings (SSSR count). The third-order valence-corrected chi connectivity index (χ3v) is 7.59. The van der Waals surface area contributed by atoms with E-state index in [1.54, 1.807) is 17.9 Å². The Morgan fingerprint density at radius 3 is 2.36 bits per heavy atom.